The number of hydrogen-bond acceptors (Lipinski definition) is 5. The van der Waals surface area contributed by atoms with Gasteiger partial charge in [-0.15, -0.1) is 0 Å². The second kappa shape index (κ2) is 11.6. The number of ether oxygens (including phenoxy) is 2. The minimum Gasteiger partial charge on any atom is -0.497 e. The Balaban J connectivity index is 1.75. The first kappa shape index (κ1) is 25.8. The fourth-order valence-electron chi connectivity index (χ4n) is 3.84. The van der Waals surface area contributed by atoms with Gasteiger partial charge in [-0.1, -0.05) is 48.5 Å². The van der Waals surface area contributed by atoms with Crippen LogP contribution in [0.4, 0.5) is 11.4 Å². The van der Waals surface area contributed by atoms with Crippen molar-refractivity contribution in [1.82, 2.24) is 0 Å². The quantitative estimate of drug-likeness (QED) is 0.290. The molecule has 4 aromatic carbocycles. The maximum atomic E-state index is 13.9. The minimum absolute atomic E-state index is 0.0410. The maximum absolute atomic E-state index is 13.9. The van der Waals surface area contributed by atoms with E-state index in [9.17, 15) is 13.2 Å². The standard InChI is InChI=1S/C29H28N2O5S/c1-3-36-25-13-9-12-23(20-25)30-29(32)27-14-7-8-15-28(27)31(21-22-10-5-4-6-11-22)37(33,34)26-18-16-24(35-2)17-19-26/h4-20H,3,21H2,1-2H3,(H,30,32). The molecule has 1 N–H and O–H groups in total. The van der Waals surface area contributed by atoms with Gasteiger partial charge in [0.25, 0.3) is 15.9 Å². The van der Waals surface area contributed by atoms with Gasteiger partial charge in [-0.3, -0.25) is 9.10 Å². The first-order chi connectivity index (χ1) is 17.9. The number of para-hydroxylation sites is 1. The first-order valence-electron chi connectivity index (χ1n) is 11.8. The summed E-state index contributed by atoms with van der Waals surface area (Å²) in [6.07, 6.45) is 0. The summed E-state index contributed by atoms with van der Waals surface area (Å²) in [5.41, 5.74) is 1.80. The molecule has 0 unspecified atom stereocenters. The normalized spacial score (nSPS) is 11.0. The van der Waals surface area contributed by atoms with E-state index in [-0.39, 0.29) is 22.7 Å². The van der Waals surface area contributed by atoms with Crippen molar-refractivity contribution in [3.63, 3.8) is 0 Å². The zero-order chi connectivity index (χ0) is 26.3. The summed E-state index contributed by atoms with van der Waals surface area (Å²) >= 11 is 0. The van der Waals surface area contributed by atoms with Gasteiger partial charge in [-0.05, 0) is 61.0 Å². The number of amides is 1. The number of nitrogens with one attached hydrogen (secondary N) is 1. The van der Waals surface area contributed by atoms with Crippen molar-refractivity contribution in [3.8, 4) is 11.5 Å². The first-order valence-corrected chi connectivity index (χ1v) is 13.2. The highest BCUT2D eigenvalue weighted by atomic mass is 32.2. The molecule has 37 heavy (non-hydrogen) atoms. The number of hydrogen-bond donors (Lipinski definition) is 1. The second-order valence-electron chi connectivity index (χ2n) is 8.10. The van der Waals surface area contributed by atoms with Crippen LogP contribution in [0.15, 0.2) is 108 Å². The Labute approximate surface area is 217 Å². The van der Waals surface area contributed by atoms with Gasteiger partial charge in [0.2, 0.25) is 0 Å². The third-order valence-electron chi connectivity index (χ3n) is 5.64. The smallest absolute Gasteiger partial charge is 0.264 e. The molecule has 0 radical (unpaired) electrons. The van der Waals surface area contributed by atoms with E-state index in [0.29, 0.717) is 23.8 Å². The Morgan fingerprint density at radius 3 is 2.24 bits per heavy atom. The second-order valence-corrected chi connectivity index (χ2v) is 9.97. The molecule has 0 heterocycles. The highest BCUT2D eigenvalue weighted by Crippen LogP contribution is 2.31. The summed E-state index contributed by atoms with van der Waals surface area (Å²) in [6, 6.07) is 29.1. The molecule has 0 saturated carbocycles. The molecule has 0 fully saturated rings. The maximum Gasteiger partial charge on any atom is 0.264 e. The predicted molar refractivity (Wildman–Crippen MR) is 145 cm³/mol. The van der Waals surface area contributed by atoms with Crippen LogP contribution in [-0.4, -0.2) is 28.0 Å². The number of rotatable bonds is 10. The van der Waals surface area contributed by atoms with Crippen molar-refractivity contribution >= 4 is 27.3 Å². The van der Waals surface area contributed by atoms with E-state index in [0.717, 1.165) is 5.56 Å². The van der Waals surface area contributed by atoms with Crippen LogP contribution in [0.1, 0.15) is 22.8 Å². The van der Waals surface area contributed by atoms with Crippen LogP contribution < -0.4 is 19.1 Å². The van der Waals surface area contributed by atoms with Crippen LogP contribution in [0, 0.1) is 0 Å². The fraction of sp³-hybridized carbons (Fsp3) is 0.138. The topological polar surface area (TPSA) is 84.9 Å². The zero-order valence-electron chi connectivity index (χ0n) is 20.6. The van der Waals surface area contributed by atoms with E-state index >= 15 is 0 Å². The molecule has 190 valence electrons. The summed E-state index contributed by atoms with van der Waals surface area (Å²) in [6.45, 7) is 2.42. The Kier molecular flexibility index (Phi) is 8.10. The average molecular weight is 517 g/mol. The molecule has 8 heteroatoms. The van der Waals surface area contributed by atoms with Gasteiger partial charge in [0.05, 0.1) is 36.4 Å². The zero-order valence-corrected chi connectivity index (χ0v) is 21.4. The molecule has 0 atom stereocenters. The molecule has 0 bridgehead atoms. The van der Waals surface area contributed by atoms with Crippen LogP contribution >= 0.6 is 0 Å². The number of sulfonamides is 1. The lowest BCUT2D eigenvalue weighted by atomic mass is 10.1. The molecule has 0 aromatic heterocycles. The summed E-state index contributed by atoms with van der Waals surface area (Å²) in [5, 5.41) is 2.87. The lowest BCUT2D eigenvalue weighted by Crippen LogP contribution is -2.32. The molecular formula is C29H28N2O5S. The molecule has 0 aliphatic carbocycles. The van der Waals surface area contributed by atoms with Gasteiger partial charge in [0.15, 0.2) is 0 Å². The number of anilines is 2. The van der Waals surface area contributed by atoms with Crippen molar-refractivity contribution in [3.05, 3.63) is 114 Å². The molecule has 0 aliphatic heterocycles. The number of benzene rings is 4. The molecule has 1 amide bonds. The largest absolute Gasteiger partial charge is 0.497 e. The van der Waals surface area contributed by atoms with Crippen LogP contribution in [-0.2, 0) is 16.6 Å². The summed E-state index contributed by atoms with van der Waals surface area (Å²) in [7, 11) is -2.52. The summed E-state index contributed by atoms with van der Waals surface area (Å²) < 4.78 is 39.8. The van der Waals surface area contributed by atoms with Gasteiger partial charge < -0.3 is 14.8 Å². The lowest BCUT2D eigenvalue weighted by Gasteiger charge is -2.26. The number of carbonyl (C=O) groups excluding carboxylic acids is 1. The molecule has 0 aliphatic rings. The van der Waals surface area contributed by atoms with Crippen molar-refractivity contribution in [1.29, 1.82) is 0 Å². The molecule has 7 nitrogen and oxygen atoms in total. The molecule has 0 saturated heterocycles. The van der Waals surface area contributed by atoms with Gasteiger partial charge >= 0.3 is 0 Å². The van der Waals surface area contributed by atoms with E-state index in [1.807, 2.05) is 37.3 Å². The Bertz CT molecular complexity index is 1460. The lowest BCUT2D eigenvalue weighted by molar-refractivity contribution is 0.102. The van der Waals surface area contributed by atoms with Crippen LogP contribution in [0.25, 0.3) is 0 Å². The SMILES string of the molecule is CCOc1cccc(NC(=O)c2ccccc2N(Cc2ccccc2)S(=O)(=O)c2ccc(OC)cc2)c1. The minimum atomic E-state index is -4.04. The third kappa shape index (κ3) is 6.10. The van der Waals surface area contributed by atoms with Crippen molar-refractivity contribution in [2.75, 3.05) is 23.3 Å². The summed E-state index contributed by atoms with van der Waals surface area (Å²) in [5.74, 6) is 0.733. The Morgan fingerprint density at radius 2 is 1.54 bits per heavy atom. The van der Waals surface area contributed by atoms with E-state index in [1.54, 1.807) is 60.7 Å². The van der Waals surface area contributed by atoms with E-state index in [1.165, 1.54) is 23.5 Å². The van der Waals surface area contributed by atoms with E-state index in [2.05, 4.69) is 5.32 Å². The van der Waals surface area contributed by atoms with Gasteiger partial charge in [0, 0.05) is 11.8 Å². The number of methoxy groups -OCH3 is 1. The molecule has 4 rings (SSSR count). The van der Waals surface area contributed by atoms with Gasteiger partial charge in [-0.2, -0.15) is 0 Å². The Hall–Kier alpha value is -4.30. The highest BCUT2D eigenvalue weighted by Gasteiger charge is 2.28. The number of nitrogens with zero attached hydrogens (tertiary/aromatic N) is 1. The van der Waals surface area contributed by atoms with Crippen molar-refractivity contribution < 1.29 is 22.7 Å². The van der Waals surface area contributed by atoms with Gasteiger partial charge in [-0.25, -0.2) is 8.42 Å². The van der Waals surface area contributed by atoms with Crippen molar-refractivity contribution in [2.45, 2.75) is 18.4 Å². The van der Waals surface area contributed by atoms with Crippen LogP contribution in [0.2, 0.25) is 0 Å². The molecular weight excluding hydrogens is 488 g/mol. The molecule has 0 spiro atoms. The summed E-state index contributed by atoms with van der Waals surface area (Å²) in [4.78, 5) is 13.5. The fourth-order valence-corrected chi connectivity index (χ4v) is 5.31. The number of carbonyl (C=O) groups is 1. The Morgan fingerprint density at radius 1 is 0.838 bits per heavy atom. The van der Waals surface area contributed by atoms with Crippen molar-refractivity contribution in [2.24, 2.45) is 0 Å². The van der Waals surface area contributed by atoms with Gasteiger partial charge in [0.1, 0.15) is 11.5 Å². The van der Waals surface area contributed by atoms with E-state index in [4.69, 9.17) is 9.47 Å². The third-order valence-corrected chi connectivity index (χ3v) is 7.41. The molecule has 4 aromatic rings. The monoisotopic (exact) mass is 516 g/mol. The average Bonchev–Trinajstić information content (AvgIpc) is 2.92. The van der Waals surface area contributed by atoms with Crippen LogP contribution in [0.3, 0.4) is 0 Å². The van der Waals surface area contributed by atoms with E-state index < -0.39 is 15.9 Å². The van der Waals surface area contributed by atoms with Crippen LogP contribution in [0.5, 0.6) is 11.5 Å². The highest BCUT2D eigenvalue weighted by molar-refractivity contribution is 7.92. The predicted octanol–water partition coefficient (Wildman–Crippen LogP) is 5.74.